The quantitative estimate of drug-likeness (QED) is 0.0108. The third-order valence-electron chi connectivity index (χ3n) is 14.5. The van der Waals surface area contributed by atoms with E-state index in [1.165, 1.54) is 80.6 Å². The minimum Gasteiger partial charge on any atom is -0.388 e. The number of pyridine rings is 5. The van der Waals surface area contributed by atoms with Crippen LogP contribution >= 0.6 is 38.5 Å². The Hall–Kier alpha value is -13.7. The second-order valence-electron chi connectivity index (χ2n) is 22.7. The Labute approximate surface area is 749 Å². The molecule has 1 radical (unpaired) electrons. The first-order chi connectivity index (χ1) is 58.0. The number of nitrogen functional groups attached to an aromatic ring is 1. The number of non-ortho nitro benzene ring substituents is 5. The number of halogens is 2. The summed E-state index contributed by atoms with van der Waals surface area (Å²) in [6.07, 6.45) is 13.9. The number of allylic oxidation sites excluding steroid dienone is 1. The topological polar surface area (TPSA) is 491 Å². The van der Waals surface area contributed by atoms with Crippen LogP contribution in [0.2, 0.25) is 0 Å². The maximum atomic E-state index is 12.7. The van der Waals surface area contributed by atoms with Gasteiger partial charge in [-0.25, -0.2) is 24.9 Å². The number of anilines is 1. The number of hydrogen-bond donors (Lipinski definition) is 4. The number of nitro groups is 5. The molecule has 0 unspecified atom stereocenters. The predicted octanol–water partition coefficient (Wildman–Crippen LogP) is 20.3. The molecule has 38 heteroatoms. The third kappa shape index (κ3) is 33.6. The van der Waals surface area contributed by atoms with Gasteiger partial charge in [0.15, 0.2) is 11.6 Å². The molecule has 14 aromatic rings. The number of carbonyl (C=O) groups excluding carboxylic acids is 3. The maximum Gasteiger partial charge on any atom is 0.291 e. The van der Waals surface area contributed by atoms with Crippen molar-refractivity contribution in [1.82, 2.24) is 47.4 Å². The van der Waals surface area contributed by atoms with E-state index in [-0.39, 0.29) is 89.7 Å². The number of amidine groups is 1. The maximum absolute atomic E-state index is 12.7. The van der Waals surface area contributed by atoms with Crippen molar-refractivity contribution in [2.45, 2.75) is 83.1 Å². The van der Waals surface area contributed by atoms with Gasteiger partial charge >= 0.3 is 0 Å². The molecule has 0 bridgehead atoms. The number of nitrogens with two attached hydrogens (primary N) is 2. The van der Waals surface area contributed by atoms with Crippen LogP contribution in [0.5, 0.6) is 0 Å². The van der Waals surface area contributed by atoms with Crippen molar-refractivity contribution in [3.8, 4) is 45.0 Å². The normalized spacial score (nSPS) is 9.54. The van der Waals surface area contributed by atoms with Crippen LogP contribution in [0.4, 0.5) is 34.3 Å². The van der Waals surface area contributed by atoms with Gasteiger partial charge < -0.3 is 26.0 Å². The third-order valence-corrected chi connectivity index (χ3v) is 16.1. The van der Waals surface area contributed by atoms with E-state index in [0.29, 0.717) is 56.6 Å². The van der Waals surface area contributed by atoms with Gasteiger partial charge in [-0.2, -0.15) is 0 Å². The molecule has 637 valence electrons. The molecule has 0 fully saturated rings. The van der Waals surface area contributed by atoms with Crippen LogP contribution in [0.1, 0.15) is 114 Å². The van der Waals surface area contributed by atoms with Gasteiger partial charge in [-0.05, 0) is 90.2 Å². The number of nitro benzene ring substituents is 5. The van der Waals surface area contributed by atoms with Gasteiger partial charge in [-0.15, -0.1) is 10.1 Å². The van der Waals surface area contributed by atoms with Crippen molar-refractivity contribution in [3.63, 3.8) is 0 Å². The fourth-order valence-corrected chi connectivity index (χ4v) is 11.0. The van der Waals surface area contributed by atoms with E-state index in [9.17, 15) is 65.0 Å². The summed E-state index contributed by atoms with van der Waals surface area (Å²) in [7, 11) is 3.64. The Kier molecular flexibility index (Phi) is 49.4. The molecule has 0 aliphatic heterocycles. The molecule has 14 rings (SSSR count). The summed E-state index contributed by atoms with van der Waals surface area (Å²) in [4.78, 5) is 119. The Morgan fingerprint density at radius 2 is 0.828 bits per heavy atom. The molecule has 35 nitrogen and oxygen atoms in total. The van der Waals surface area contributed by atoms with E-state index in [1.807, 2.05) is 184 Å². The smallest absolute Gasteiger partial charge is 0.291 e. The van der Waals surface area contributed by atoms with E-state index in [4.69, 9.17) is 32.2 Å². The van der Waals surface area contributed by atoms with Crippen LogP contribution in [0.25, 0.3) is 67.6 Å². The van der Waals surface area contributed by atoms with Gasteiger partial charge in [-0.1, -0.05) is 176 Å². The molecule has 0 saturated heterocycles. The molecule has 0 aliphatic rings. The molecule has 122 heavy (non-hydrogen) atoms. The zero-order valence-electron chi connectivity index (χ0n) is 69.2. The van der Waals surface area contributed by atoms with Crippen LogP contribution in [-0.4, -0.2) is 125 Å². The number of imidazole rings is 4. The van der Waals surface area contributed by atoms with Crippen molar-refractivity contribution >= 4 is 119 Å². The Bertz CT molecular complexity index is 5730. The number of Topliss-reactive ketones (excluding diaryl/α,β-unsaturated/α-hetero) is 2. The summed E-state index contributed by atoms with van der Waals surface area (Å²) in [5, 5.41) is 73.9. The van der Waals surface area contributed by atoms with Crippen molar-refractivity contribution < 1.29 is 82.0 Å². The molecule has 0 atom stereocenters. The van der Waals surface area contributed by atoms with Crippen LogP contribution in [0, 0.1) is 69.8 Å². The van der Waals surface area contributed by atoms with E-state index in [2.05, 4.69) is 63.4 Å². The number of alkyl halides is 1. The van der Waals surface area contributed by atoms with Crippen molar-refractivity contribution in [1.29, 1.82) is 5.41 Å². The molecular weight excluding hydrogens is 1830 g/mol. The van der Waals surface area contributed by atoms with Gasteiger partial charge in [0.1, 0.15) is 60.6 Å². The van der Waals surface area contributed by atoms with Crippen LogP contribution in [0.3, 0.4) is 0 Å². The second-order valence-corrected chi connectivity index (χ2v) is 24.3. The SMILES string of the molecule is CC.CC.CC.CC.CC.CC(=N)N.CC(=O)c1c(-c2cccc([N+](=O)[O-])c2)nc2ccccn12.CN(C)/C=C/C(=O)c1c(-c2cccc([N+](=O)[O-])c2)nc2ccccn12.Nc1ccccn1.O=C(CBr)c1cccc([N+](=O)[O-])c1.O=[N+]([O-])O.O=[N+]([O-])c1cccc(-c2cn3ccccc3n2)c1.O=[N+]([O-])c1cccc(-c2nc3ccccn3c2I)c1.[Y]. The molecule has 9 heterocycles. The van der Waals surface area contributed by atoms with Crippen LogP contribution in [-0.2, 0) is 32.7 Å². The van der Waals surface area contributed by atoms with E-state index in [1.54, 1.807) is 117 Å². The summed E-state index contributed by atoms with van der Waals surface area (Å²) >= 11 is 5.19. The number of benzene rings is 5. The number of rotatable bonds is 15. The van der Waals surface area contributed by atoms with Gasteiger partial charge in [0.25, 0.3) is 33.5 Å². The fraction of sp³-hybridized carbons (Fsp3) is 0.179. The number of nitrogens with zero attached hydrogens (tertiary/aromatic N) is 16. The number of carbonyl (C=O) groups is 3. The number of aromatic nitrogens is 9. The largest absolute Gasteiger partial charge is 0.388 e. The van der Waals surface area contributed by atoms with Crippen molar-refractivity contribution in [2.24, 2.45) is 5.73 Å². The van der Waals surface area contributed by atoms with Crippen LogP contribution < -0.4 is 11.5 Å². The van der Waals surface area contributed by atoms with E-state index < -0.39 is 29.7 Å². The molecule has 0 saturated carbocycles. The summed E-state index contributed by atoms with van der Waals surface area (Å²) < 4.78 is 8.16. The zero-order chi connectivity index (χ0) is 91.0. The second kappa shape index (κ2) is 56.7. The summed E-state index contributed by atoms with van der Waals surface area (Å²) in [5.74, 6) is 0.204. The standard InChI is InChI=1S/C18H16N4O3.C15H11N3O3.C13H8IN3O2.C13H9N3O2.C8H6BrNO3.C5H6N2.C2H6N2.5C2H6.HNO3.Y/c1-20(2)11-9-15(23)18-17(19-16-8-3-4-10-21(16)18)13-6-5-7-14(12-13)22(24)25;1-10(19)15-14(16-13-7-2-3-8-17(13)15)11-5-4-6-12(9-11)18(20)21;14-13-12(15-11-6-1-2-7-16(11)13)9-4-3-5-10(8-9)17(18)19;17-16(18)11-5-3-4-10(8-11)12-9-15-7-2-1-6-13(15)14-12;9-5-8(11)6-2-1-3-7(4-6)10(12)13;6-5-3-1-2-4-7-5;1-2(3)4;5*1-2;2-1(3)4;/h3-12H,1-2H3;2-9H,1H3;1-8H;1-9H;1-4H,5H2;1-4H,(H2,6,7);1H3,(H3,3,4);5*1-2H3;(H,2,3,4);/b11-9+;;;;;;;;;;;;;. The molecule has 0 spiro atoms. The minimum absolute atomic E-state index is 0. The van der Waals surface area contributed by atoms with Gasteiger partial charge in [0.2, 0.25) is 5.78 Å². The van der Waals surface area contributed by atoms with Crippen molar-refractivity contribution in [2.75, 3.05) is 25.2 Å². The average molecular weight is 1920 g/mol. The predicted molar refractivity (Wildman–Crippen MR) is 482 cm³/mol. The fourth-order valence-electron chi connectivity index (χ4n) is 9.81. The first-order valence-electron chi connectivity index (χ1n) is 37.0. The monoisotopic (exact) mass is 1920 g/mol. The Morgan fingerprint density at radius 1 is 0.484 bits per heavy atom. The Balaban J connectivity index is 0.000000717. The number of nitrogens with one attached hydrogen (secondary N) is 1. The van der Waals surface area contributed by atoms with Crippen LogP contribution in [0.15, 0.2) is 262 Å². The molecule has 6 N–H and O–H groups in total. The average Bonchev–Trinajstić information content (AvgIpc) is 1.63. The molecule has 0 amide bonds. The summed E-state index contributed by atoms with van der Waals surface area (Å²) in [5.41, 5.74) is 18.9. The van der Waals surface area contributed by atoms with Crippen molar-refractivity contribution in [3.05, 3.63) is 343 Å². The Morgan fingerprint density at radius 3 is 1.20 bits per heavy atom. The molecule has 5 aromatic carbocycles. The van der Waals surface area contributed by atoms with E-state index >= 15 is 0 Å². The number of fused-ring (bicyclic) bond motifs is 4. The molecule has 0 aliphatic carbocycles. The van der Waals surface area contributed by atoms with E-state index in [0.717, 1.165) is 37.5 Å². The number of hydrogen-bond acceptors (Lipinski definition) is 23. The van der Waals surface area contributed by atoms with Gasteiger partial charge in [0, 0.05) is 192 Å². The molecule has 9 aromatic heterocycles. The minimum atomic E-state index is -1.50. The molecular formula is C84H93BrIN19O16Y. The first kappa shape index (κ1) is 106. The summed E-state index contributed by atoms with van der Waals surface area (Å²) in [6.45, 7) is 23.0. The number of ketones is 3. The zero-order valence-corrected chi connectivity index (χ0v) is 75.8. The van der Waals surface area contributed by atoms with Gasteiger partial charge in [-0.3, -0.25) is 83.6 Å². The van der Waals surface area contributed by atoms with Gasteiger partial charge in [0.05, 0.1) is 41.5 Å². The summed E-state index contributed by atoms with van der Waals surface area (Å²) in [6, 6.07) is 58.6. The first-order valence-corrected chi connectivity index (χ1v) is 39.2.